The minimum atomic E-state index is -0.903. The second-order valence-electron chi connectivity index (χ2n) is 4.25. The summed E-state index contributed by atoms with van der Waals surface area (Å²) in [7, 11) is 0. The first-order valence-electron chi connectivity index (χ1n) is 5.71. The van der Waals surface area contributed by atoms with Crippen molar-refractivity contribution in [1.29, 1.82) is 0 Å². The van der Waals surface area contributed by atoms with Crippen molar-refractivity contribution in [2.24, 2.45) is 0 Å². The SMILES string of the molecule is Cc1cc(N2CC=CCC2)c(C(=O)O)c(C)n1. The van der Waals surface area contributed by atoms with Gasteiger partial charge in [-0.2, -0.15) is 0 Å². The molecule has 17 heavy (non-hydrogen) atoms. The summed E-state index contributed by atoms with van der Waals surface area (Å²) in [5.74, 6) is -0.903. The van der Waals surface area contributed by atoms with Crippen molar-refractivity contribution < 1.29 is 9.90 Å². The van der Waals surface area contributed by atoms with Crippen LogP contribution in [0.5, 0.6) is 0 Å². The van der Waals surface area contributed by atoms with Gasteiger partial charge in [0.15, 0.2) is 0 Å². The average molecular weight is 232 g/mol. The number of aromatic nitrogens is 1. The number of hydrogen-bond acceptors (Lipinski definition) is 3. The molecule has 0 unspecified atom stereocenters. The summed E-state index contributed by atoms with van der Waals surface area (Å²) in [4.78, 5) is 17.6. The monoisotopic (exact) mass is 232 g/mol. The minimum Gasteiger partial charge on any atom is -0.478 e. The number of pyridine rings is 1. The molecule has 0 bridgehead atoms. The summed E-state index contributed by atoms with van der Waals surface area (Å²) < 4.78 is 0. The molecule has 1 aromatic rings. The molecule has 0 fully saturated rings. The maximum absolute atomic E-state index is 11.3. The van der Waals surface area contributed by atoms with Gasteiger partial charge in [-0.25, -0.2) is 4.79 Å². The van der Waals surface area contributed by atoms with Crippen molar-refractivity contribution in [3.63, 3.8) is 0 Å². The van der Waals surface area contributed by atoms with Crippen LogP contribution in [0.2, 0.25) is 0 Å². The molecule has 2 heterocycles. The Morgan fingerprint density at radius 1 is 1.41 bits per heavy atom. The van der Waals surface area contributed by atoms with E-state index >= 15 is 0 Å². The van der Waals surface area contributed by atoms with Crippen LogP contribution in [-0.2, 0) is 0 Å². The first kappa shape index (κ1) is 11.6. The van der Waals surface area contributed by atoms with Crippen molar-refractivity contribution in [2.45, 2.75) is 20.3 Å². The van der Waals surface area contributed by atoms with E-state index in [9.17, 15) is 9.90 Å². The van der Waals surface area contributed by atoms with Gasteiger partial charge in [-0.1, -0.05) is 12.2 Å². The molecule has 2 rings (SSSR count). The summed E-state index contributed by atoms with van der Waals surface area (Å²) in [6.07, 6.45) is 5.15. The van der Waals surface area contributed by atoms with Crippen LogP contribution < -0.4 is 4.90 Å². The summed E-state index contributed by atoms with van der Waals surface area (Å²) >= 11 is 0. The summed E-state index contributed by atoms with van der Waals surface area (Å²) in [6.45, 7) is 5.27. The van der Waals surface area contributed by atoms with Gasteiger partial charge in [-0.05, 0) is 26.3 Å². The van der Waals surface area contributed by atoms with Gasteiger partial charge >= 0.3 is 5.97 Å². The summed E-state index contributed by atoms with van der Waals surface area (Å²) in [5, 5.41) is 9.28. The molecular formula is C13H16N2O2. The maximum atomic E-state index is 11.3. The Morgan fingerprint density at radius 3 is 2.76 bits per heavy atom. The van der Waals surface area contributed by atoms with Crippen LogP contribution in [0.4, 0.5) is 5.69 Å². The van der Waals surface area contributed by atoms with E-state index in [-0.39, 0.29) is 0 Å². The zero-order valence-electron chi connectivity index (χ0n) is 10.1. The topological polar surface area (TPSA) is 53.4 Å². The van der Waals surface area contributed by atoms with Gasteiger partial charge in [-0.3, -0.25) is 4.98 Å². The van der Waals surface area contributed by atoms with Crippen LogP contribution in [0.15, 0.2) is 18.2 Å². The number of nitrogens with zero attached hydrogens (tertiary/aromatic N) is 2. The highest BCUT2D eigenvalue weighted by molar-refractivity contribution is 5.95. The predicted octanol–water partition coefficient (Wildman–Crippen LogP) is 2.16. The fourth-order valence-corrected chi connectivity index (χ4v) is 2.18. The van der Waals surface area contributed by atoms with Crippen LogP contribution >= 0.6 is 0 Å². The predicted molar refractivity (Wildman–Crippen MR) is 66.6 cm³/mol. The second-order valence-corrected chi connectivity index (χ2v) is 4.25. The van der Waals surface area contributed by atoms with Crippen molar-refractivity contribution in [3.05, 3.63) is 35.2 Å². The molecule has 1 aliphatic heterocycles. The largest absolute Gasteiger partial charge is 0.478 e. The van der Waals surface area contributed by atoms with Crippen LogP contribution in [0.1, 0.15) is 28.2 Å². The van der Waals surface area contributed by atoms with Crippen molar-refractivity contribution in [3.8, 4) is 0 Å². The van der Waals surface area contributed by atoms with E-state index in [2.05, 4.69) is 22.0 Å². The number of rotatable bonds is 2. The standard InChI is InChI=1S/C13H16N2O2/c1-9-8-11(15-6-4-3-5-7-15)12(13(16)17)10(2)14-9/h3-4,8H,5-7H2,1-2H3,(H,16,17). The lowest BCUT2D eigenvalue weighted by atomic mass is 10.1. The van der Waals surface area contributed by atoms with E-state index in [0.717, 1.165) is 30.9 Å². The molecule has 4 nitrogen and oxygen atoms in total. The fraction of sp³-hybridized carbons (Fsp3) is 0.385. The number of anilines is 1. The molecule has 4 heteroatoms. The maximum Gasteiger partial charge on any atom is 0.339 e. The molecule has 0 spiro atoms. The lowest BCUT2D eigenvalue weighted by molar-refractivity contribution is 0.0696. The molecule has 1 aliphatic rings. The van der Waals surface area contributed by atoms with Gasteiger partial charge in [0.1, 0.15) is 5.56 Å². The van der Waals surface area contributed by atoms with Crippen molar-refractivity contribution in [1.82, 2.24) is 4.98 Å². The Labute approximate surface area is 101 Å². The highest BCUT2D eigenvalue weighted by Gasteiger charge is 2.20. The summed E-state index contributed by atoms with van der Waals surface area (Å²) in [5.41, 5.74) is 2.55. The zero-order valence-corrected chi connectivity index (χ0v) is 10.1. The van der Waals surface area contributed by atoms with E-state index in [0.29, 0.717) is 11.3 Å². The lowest BCUT2D eigenvalue weighted by Crippen LogP contribution is -2.29. The molecule has 90 valence electrons. The average Bonchev–Trinajstić information content (AvgIpc) is 2.28. The quantitative estimate of drug-likeness (QED) is 0.794. The third kappa shape index (κ3) is 2.30. The van der Waals surface area contributed by atoms with Crippen molar-refractivity contribution >= 4 is 11.7 Å². The number of aryl methyl sites for hydroxylation is 2. The molecule has 0 saturated heterocycles. The smallest absolute Gasteiger partial charge is 0.339 e. The Bertz CT molecular complexity index is 481. The van der Waals surface area contributed by atoms with Crippen LogP contribution in [0.3, 0.4) is 0 Å². The normalized spacial score (nSPS) is 15.1. The molecule has 0 aromatic carbocycles. The van der Waals surface area contributed by atoms with Crippen LogP contribution in [0.25, 0.3) is 0 Å². The molecule has 1 aromatic heterocycles. The summed E-state index contributed by atoms with van der Waals surface area (Å²) in [6, 6.07) is 1.86. The van der Waals surface area contributed by atoms with Crippen LogP contribution in [-0.4, -0.2) is 29.1 Å². The fourth-order valence-electron chi connectivity index (χ4n) is 2.18. The molecule has 0 aliphatic carbocycles. The molecule has 0 saturated carbocycles. The van der Waals surface area contributed by atoms with E-state index in [1.807, 2.05) is 13.0 Å². The second kappa shape index (κ2) is 4.57. The zero-order chi connectivity index (χ0) is 12.4. The van der Waals surface area contributed by atoms with Gasteiger partial charge in [0.2, 0.25) is 0 Å². The molecule has 0 radical (unpaired) electrons. The highest BCUT2D eigenvalue weighted by atomic mass is 16.4. The van der Waals surface area contributed by atoms with Crippen molar-refractivity contribution in [2.75, 3.05) is 18.0 Å². The Hall–Kier alpha value is -1.84. The first-order valence-corrected chi connectivity index (χ1v) is 5.71. The number of aromatic carboxylic acids is 1. The Kier molecular flexibility index (Phi) is 3.13. The number of carboxylic acid groups (broad SMARTS) is 1. The van der Waals surface area contributed by atoms with Gasteiger partial charge in [0.05, 0.1) is 11.4 Å². The Morgan fingerprint density at radius 2 is 2.18 bits per heavy atom. The van der Waals surface area contributed by atoms with E-state index in [1.165, 1.54) is 0 Å². The molecular weight excluding hydrogens is 216 g/mol. The van der Waals surface area contributed by atoms with Gasteiger partial charge < -0.3 is 10.0 Å². The third-order valence-electron chi connectivity index (χ3n) is 2.92. The number of carbonyl (C=O) groups is 1. The van der Waals surface area contributed by atoms with E-state index in [4.69, 9.17) is 0 Å². The molecule has 0 atom stereocenters. The number of carboxylic acids is 1. The molecule has 0 amide bonds. The third-order valence-corrected chi connectivity index (χ3v) is 2.92. The van der Waals surface area contributed by atoms with Gasteiger partial charge in [0.25, 0.3) is 0 Å². The van der Waals surface area contributed by atoms with Crippen LogP contribution in [0, 0.1) is 13.8 Å². The lowest BCUT2D eigenvalue weighted by Gasteiger charge is -2.27. The van der Waals surface area contributed by atoms with E-state index in [1.54, 1.807) is 6.92 Å². The van der Waals surface area contributed by atoms with E-state index < -0.39 is 5.97 Å². The molecule has 1 N–H and O–H groups in total. The number of hydrogen-bond donors (Lipinski definition) is 1. The first-order chi connectivity index (χ1) is 8.09. The van der Waals surface area contributed by atoms with Gasteiger partial charge in [0, 0.05) is 18.8 Å². The van der Waals surface area contributed by atoms with Gasteiger partial charge in [-0.15, -0.1) is 0 Å². The highest BCUT2D eigenvalue weighted by Crippen LogP contribution is 2.25. The minimum absolute atomic E-state index is 0.325. The Balaban J connectivity index is 2.50.